The first-order valence-electron chi connectivity index (χ1n) is 9.57. The Bertz CT molecular complexity index is 659. The van der Waals surface area contributed by atoms with E-state index in [9.17, 15) is 10.1 Å². The summed E-state index contributed by atoms with van der Waals surface area (Å²) in [6.45, 7) is 10.5. The molecule has 2 rings (SSSR count). The largest absolute Gasteiger partial charge is 0.372 e. The maximum Gasteiger partial charge on any atom is 0.266 e. The average Bonchev–Trinajstić information content (AvgIpc) is 2.62. The third kappa shape index (κ3) is 5.36. The number of rotatable bonds is 5. The minimum atomic E-state index is -0.131. The van der Waals surface area contributed by atoms with E-state index in [1.807, 2.05) is 22.8 Å². The number of benzene rings is 1. The minimum Gasteiger partial charge on any atom is -0.372 e. The molecule has 4 heteroatoms. The SMILES string of the molecule is CCN(/C=C(/C#N)C(=O)N1CCC(Cc2ccccc2)CC1)C(C)(C)C. The summed E-state index contributed by atoms with van der Waals surface area (Å²) in [7, 11) is 0. The standard InChI is InChI=1S/C22H31N3O/c1-5-25(22(2,3)4)17-20(16-23)21(26)24-13-11-19(12-14-24)15-18-9-7-6-8-10-18/h6-10,17,19H,5,11-15H2,1-4H3/b20-17-. The Kier molecular flexibility index (Phi) is 6.85. The van der Waals surface area contributed by atoms with Gasteiger partial charge in [0.15, 0.2) is 0 Å². The smallest absolute Gasteiger partial charge is 0.266 e. The Morgan fingerprint density at radius 3 is 2.38 bits per heavy atom. The highest BCUT2D eigenvalue weighted by Gasteiger charge is 2.26. The van der Waals surface area contributed by atoms with E-state index in [0.717, 1.165) is 38.9 Å². The first-order valence-corrected chi connectivity index (χ1v) is 9.57. The fourth-order valence-electron chi connectivity index (χ4n) is 3.50. The minimum absolute atomic E-state index is 0.111. The zero-order valence-electron chi connectivity index (χ0n) is 16.5. The molecular weight excluding hydrogens is 322 g/mol. The molecule has 0 N–H and O–H groups in total. The van der Waals surface area contributed by atoms with E-state index in [-0.39, 0.29) is 17.0 Å². The van der Waals surface area contributed by atoms with Gasteiger partial charge in [-0.15, -0.1) is 0 Å². The molecule has 1 amide bonds. The average molecular weight is 354 g/mol. The predicted molar refractivity (Wildman–Crippen MR) is 105 cm³/mol. The van der Waals surface area contributed by atoms with Gasteiger partial charge in [0.05, 0.1) is 0 Å². The summed E-state index contributed by atoms with van der Waals surface area (Å²) in [5.74, 6) is 0.478. The van der Waals surface area contributed by atoms with Crippen molar-refractivity contribution in [3.63, 3.8) is 0 Å². The fourth-order valence-corrected chi connectivity index (χ4v) is 3.50. The van der Waals surface area contributed by atoms with Crippen molar-refractivity contribution in [1.82, 2.24) is 9.80 Å². The van der Waals surface area contributed by atoms with Gasteiger partial charge in [-0.3, -0.25) is 4.79 Å². The fraction of sp³-hybridized carbons (Fsp3) is 0.545. The molecule has 0 aliphatic carbocycles. The number of nitrogens with zero attached hydrogens (tertiary/aromatic N) is 3. The monoisotopic (exact) mass is 353 g/mol. The molecular formula is C22H31N3O. The van der Waals surface area contributed by atoms with Gasteiger partial charge < -0.3 is 9.80 Å². The van der Waals surface area contributed by atoms with Crippen LogP contribution in [0.15, 0.2) is 42.1 Å². The molecule has 4 nitrogen and oxygen atoms in total. The van der Waals surface area contributed by atoms with Crippen LogP contribution in [-0.2, 0) is 11.2 Å². The van der Waals surface area contributed by atoms with Crippen molar-refractivity contribution >= 4 is 5.91 Å². The first-order chi connectivity index (χ1) is 12.3. The third-order valence-electron chi connectivity index (χ3n) is 5.11. The van der Waals surface area contributed by atoms with Crippen molar-refractivity contribution in [2.45, 2.75) is 52.5 Å². The van der Waals surface area contributed by atoms with Crippen LogP contribution < -0.4 is 0 Å². The Labute approximate surface area is 158 Å². The van der Waals surface area contributed by atoms with Gasteiger partial charge in [0, 0.05) is 31.4 Å². The van der Waals surface area contributed by atoms with Crippen LogP contribution in [0.5, 0.6) is 0 Å². The van der Waals surface area contributed by atoms with Gasteiger partial charge in [-0.1, -0.05) is 30.3 Å². The number of carbonyl (C=O) groups excluding carboxylic acids is 1. The Morgan fingerprint density at radius 2 is 1.88 bits per heavy atom. The number of amides is 1. The number of carbonyl (C=O) groups is 1. The second-order valence-corrected chi connectivity index (χ2v) is 8.04. The second kappa shape index (κ2) is 8.89. The summed E-state index contributed by atoms with van der Waals surface area (Å²) in [5, 5.41) is 9.49. The zero-order chi connectivity index (χ0) is 19.2. The van der Waals surface area contributed by atoms with Crippen molar-refractivity contribution in [2.75, 3.05) is 19.6 Å². The van der Waals surface area contributed by atoms with Gasteiger partial charge in [0.25, 0.3) is 5.91 Å². The molecule has 0 unspecified atom stereocenters. The topological polar surface area (TPSA) is 47.3 Å². The summed E-state index contributed by atoms with van der Waals surface area (Å²) in [5.41, 5.74) is 1.49. The molecule has 1 aliphatic rings. The highest BCUT2D eigenvalue weighted by Crippen LogP contribution is 2.23. The normalized spacial score (nSPS) is 16.3. The van der Waals surface area contributed by atoms with Crippen LogP contribution in [0.3, 0.4) is 0 Å². The molecule has 0 saturated carbocycles. The summed E-state index contributed by atoms with van der Waals surface area (Å²) >= 11 is 0. The van der Waals surface area contributed by atoms with Crippen LogP contribution in [-0.4, -0.2) is 40.9 Å². The van der Waals surface area contributed by atoms with Gasteiger partial charge in [-0.25, -0.2) is 0 Å². The van der Waals surface area contributed by atoms with Crippen LogP contribution in [0.1, 0.15) is 46.1 Å². The van der Waals surface area contributed by atoms with Crippen LogP contribution in [0.4, 0.5) is 0 Å². The van der Waals surface area contributed by atoms with Crippen LogP contribution >= 0.6 is 0 Å². The van der Waals surface area contributed by atoms with Crippen molar-refractivity contribution in [1.29, 1.82) is 5.26 Å². The van der Waals surface area contributed by atoms with Crippen LogP contribution in [0, 0.1) is 17.2 Å². The molecule has 1 fully saturated rings. The maximum absolute atomic E-state index is 12.8. The number of nitriles is 1. The molecule has 0 spiro atoms. The van der Waals surface area contributed by atoms with Gasteiger partial charge in [0.1, 0.15) is 11.6 Å². The molecule has 1 aromatic carbocycles. The molecule has 1 saturated heterocycles. The second-order valence-electron chi connectivity index (χ2n) is 8.04. The van der Waals surface area contributed by atoms with E-state index in [1.165, 1.54) is 5.56 Å². The van der Waals surface area contributed by atoms with E-state index in [0.29, 0.717) is 5.92 Å². The summed E-state index contributed by atoms with van der Waals surface area (Å²) < 4.78 is 0. The number of hydrogen-bond donors (Lipinski definition) is 0. The Hall–Kier alpha value is -2.28. The highest BCUT2D eigenvalue weighted by atomic mass is 16.2. The molecule has 26 heavy (non-hydrogen) atoms. The molecule has 140 valence electrons. The van der Waals surface area contributed by atoms with Gasteiger partial charge in [-0.05, 0) is 58.4 Å². The lowest BCUT2D eigenvalue weighted by atomic mass is 9.90. The number of likely N-dealkylation sites (tertiary alicyclic amines) is 1. The lowest BCUT2D eigenvalue weighted by molar-refractivity contribution is -0.128. The molecule has 0 bridgehead atoms. The predicted octanol–water partition coefficient (Wildman–Crippen LogP) is 4.00. The lowest BCUT2D eigenvalue weighted by Gasteiger charge is -2.35. The lowest BCUT2D eigenvalue weighted by Crippen LogP contribution is -2.41. The zero-order valence-corrected chi connectivity index (χ0v) is 16.5. The van der Waals surface area contributed by atoms with Gasteiger partial charge >= 0.3 is 0 Å². The van der Waals surface area contributed by atoms with E-state index in [1.54, 1.807) is 6.20 Å². The Morgan fingerprint density at radius 1 is 1.27 bits per heavy atom. The molecule has 0 aromatic heterocycles. The van der Waals surface area contributed by atoms with E-state index < -0.39 is 0 Å². The van der Waals surface area contributed by atoms with Crippen molar-refractivity contribution < 1.29 is 4.79 Å². The molecule has 0 atom stereocenters. The van der Waals surface area contributed by atoms with Crippen molar-refractivity contribution in [3.05, 3.63) is 47.7 Å². The third-order valence-corrected chi connectivity index (χ3v) is 5.11. The summed E-state index contributed by atoms with van der Waals surface area (Å²) in [6.07, 6.45) is 4.79. The maximum atomic E-state index is 12.8. The van der Waals surface area contributed by atoms with E-state index >= 15 is 0 Å². The first kappa shape index (κ1) is 20.0. The molecule has 1 aliphatic heterocycles. The quantitative estimate of drug-likeness (QED) is 0.594. The van der Waals surface area contributed by atoms with Crippen molar-refractivity contribution in [3.8, 4) is 6.07 Å². The van der Waals surface area contributed by atoms with E-state index in [4.69, 9.17) is 0 Å². The molecule has 1 heterocycles. The van der Waals surface area contributed by atoms with Crippen LogP contribution in [0.25, 0.3) is 0 Å². The van der Waals surface area contributed by atoms with Gasteiger partial charge in [0.2, 0.25) is 0 Å². The summed E-state index contributed by atoms with van der Waals surface area (Å²) in [6, 6.07) is 12.6. The molecule has 0 radical (unpaired) electrons. The Balaban J connectivity index is 1.97. The molecule has 1 aromatic rings. The van der Waals surface area contributed by atoms with E-state index in [2.05, 4.69) is 51.1 Å². The number of hydrogen-bond acceptors (Lipinski definition) is 3. The van der Waals surface area contributed by atoms with Crippen LogP contribution in [0.2, 0.25) is 0 Å². The summed E-state index contributed by atoms with van der Waals surface area (Å²) in [4.78, 5) is 16.7. The van der Waals surface area contributed by atoms with Gasteiger partial charge in [-0.2, -0.15) is 5.26 Å². The highest BCUT2D eigenvalue weighted by molar-refractivity contribution is 5.97. The van der Waals surface area contributed by atoms with Crippen molar-refractivity contribution in [2.24, 2.45) is 5.92 Å². The number of piperidine rings is 1.